The zero-order chi connectivity index (χ0) is 16.3. The third kappa shape index (κ3) is 3.11. The van der Waals surface area contributed by atoms with Gasteiger partial charge in [0.1, 0.15) is 5.76 Å². The lowest BCUT2D eigenvalue weighted by molar-refractivity contribution is -0.480. The highest BCUT2D eigenvalue weighted by Crippen LogP contribution is 2.30. The molecule has 0 aliphatic carbocycles. The summed E-state index contributed by atoms with van der Waals surface area (Å²) >= 11 is 0. The fourth-order valence-electron chi connectivity index (χ4n) is 1.87. The van der Waals surface area contributed by atoms with E-state index in [1.165, 1.54) is 18.4 Å². The SMILES string of the molecule is O=[N+]([O-])CC(c1ccco1)S(=O)(=O)c1ccc([N+](=O)[O-])cc1. The summed E-state index contributed by atoms with van der Waals surface area (Å²) in [5, 5.41) is 19.8. The Hall–Kier alpha value is -2.75. The van der Waals surface area contributed by atoms with E-state index < -0.39 is 31.5 Å². The molecule has 10 heteroatoms. The normalized spacial score (nSPS) is 12.7. The standard InChI is InChI=1S/C12H10N2O7S/c15-13(16)8-12(11-2-1-7-21-11)22(19,20)10-5-3-9(4-6-10)14(17)18/h1-7,12H,8H2. The summed E-state index contributed by atoms with van der Waals surface area (Å²) in [4.78, 5) is 19.6. The molecule has 9 nitrogen and oxygen atoms in total. The molecule has 0 N–H and O–H groups in total. The van der Waals surface area contributed by atoms with Crippen LogP contribution < -0.4 is 0 Å². The Balaban J connectivity index is 2.44. The first kappa shape index (κ1) is 15.6. The predicted molar refractivity (Wildman–Crippen MR) is 73.6 cm³/mol. The fraction of sp³-hybridized carbons (Fsp3) is 0.167. The molecule has 0 spiro atoms. The Morgan fingerprint density at radius 3 is 2.18 bits per heavy atom. The monoisotopic (exact) mass is 326 g/mol. The third-order valence-electron chi connectivity index (χ3n) is 2.93. The van der Waals surface area contributed by atoms with E-state index >= 15 is 0 Å². The lowest BCUT2D eigenvalue weighted by atomic mass is 10.3. The van der Waals surface area contributed by atoms with Crippen molar-refractivity contribution in [3.05, 3.63) is 68.7 Å². The van der Waals surface area contributed by atoms with Crippen molar-refractivity contribution < 1.29 is 22.7 Å². The molecule has 0 aliphatic heterocycles. The van der Waals surface area contributed by atoms with Crippen LogP contribution in [-0.4, -0.2) is 24.8 Å². The Morgan fingerprint density at radius 2 is 1.73 bits per heavy atom. The van der Waals surface area contributed by atoms with E-state index in [-0.39, 0.29) is 16.3 Å². The zero-order valence-electron chi connectivity index (χ0n) is 11.0. The number of nitrogens with zero attached hydrogens (tertiary/aromatic N) is 2. The highest BCUT2D eigenvalue weighted by molar-refractivity contribution is 7.91. The van der Waals surface area contributed by atoms with Crippen LogP contribution in [0.15, 0.2) is 52.0 Å². The van der Waals surface area contributed by atoms with Crippen molar-refractivity contribution in [1.82, 2.24) is 0 Å². The molecule has 0 fully saturated rings. The Labute approximate surface area is 124 Å². The van der Waals surface area contributed by atoms with Crippen molar-refractivity contribution in [3.8, 4) is 0 Å². The first-order chi connectivity index (χ1) is 10.3. The van der Waals surface area contributed by atoms with Crippen LogP contribution in [0.5, 0.6) is 0 Å². The molecule has 0 bridgehead atoms. The molecule has 0 radical (unpaired) electrons. The van der Waals surface area contributed by atoms with Crippen LogP contribution in [-0.2, 0) is 9.84 Å². The molecule has 22 heavy (non-hydrogen) atoms. The molecular formula is C12H10N2O7S. The summed E-state index contributed by atoms with van der Waals surface area (Å²) in [6.45, 7) is -0.868. The molecule has 0 amide bonds. The van der Waals surface area contributed by atoms with Crippen LogP contribution in [0.2, 0.25) is 0 Å². The molecule has 1 atom stereocenters. The van der Waals surface area contributed by atoms with Crippen molar-refractivity contribution in [2.24, 2.45) is 0 Å². The van der Waals surface area contributed by atoms with Gasteiger partial charge in [0, 0.05) is 17.1 Å². The van der Waals surface area contributed by atoms with Gasteiger partial charge in [-0.3, -0.25) is 20.2 Å². The largest absolute Gasteiger partial charge is 0.468 e. The van der Waals surface area contributed by atoms with Gasteiger partial charge in [-0.1, -0.05) is 0 Å². The van der Waals surface area contributed by atoms with Crippen LogP contribution in [0, 0.1) is 20.2 Å². The summed E-state index contributed by atoms with van der Waals surface area (Å²) in [5.41, 5.74) is -0.275. The number of hydrogen-bond donors (Lipinski definition) is 0. The molecule has 0 aliphatic rings. The van der Waals surface area contributed by atoms with Crippen LogP contribution in [0.4, 0.5) is 5.69 Å². The Bertz CT molecular complexity index is 781. The number of sulfone groups is 1. The van der Waals surface area contributed by atoms with E-state index in [0.717, 1.165) is 24.3 Å². The van der Waals surface area contributed by atoms with Crippen LogP contribution in [0.25, 0.3) is 0 Å². The first-order valence-electron chi connectivity index (χ1n) is 5.96. The van der Waals surface area contributed by atoms with Gasteiger partial charge in [0.2, 0.25) is 6.54 Å². The van der Waals surface area contributed by atoms with Gasteiger partial charge < -0.3 is 4.42 Å². The maximum atomic E-state index is 12.5. The highest BCUT2D eigenvalue weighted by atomic mass is 32.2. The Morgan fingerprint density at radius 1 is 1.09 bits per heavy atom. The minimum Gasteiger partial charge on any atom is -0.468 e. The average Bonchev–Trinajstić information content (AvgIpc) is 2.98. The second kappa shape index (κ2) is 5.93. The topological polar surface area (TPSA) is 134 Å². The summed E-state index contributed by atoms with van der Waals surface area (Å²) < 4.78 is 30.0. The van der Waals surface area contributed by atoms with Gasteiger partial charge in [0.25, 0.3) is 5.69 Å². The number of nitro groups is 2. The van der Waals surface area contributed by atoms with Gasteiger partial charge in [-0.25, -0.2) is 8.42 Å². The maximum absolute atomic E-state index is 12.5. The number of hydrogen-bond acceptors (Lipinski definition) is 7. The van der Waals surface area contributed by atoms with Crippen molar-refractivity contribution in [2.45, 2.75) is 10.1 Å². The van der Waals surface area contributed by atoms with E-state index in [4.69, 9.17) is 4.42 Å². The van der Waals surface area contributed by atoms with E-state index in [0.29, 0.717) is 0 Å². The number of furan rings is 1. The van der Waals surface area contributed by atoms with E-state index in [1.54, 1.807) is 0 Å². The second-order valence-corrected chi connectivity index (χ2v) is 6.45. The minimum absolute atomic E-state index is 0.0601. The van der Waals surface area contributed by atoms with Gasteiger partial charge in [0.05, 0.1) is 16.1 Å². The lowest BCUT2D eigenvalue weighted by Crippen LogP contribution is -2.21. The van der Waals surface area contributed by atoms with Gasteiger partial charge in [-0.15, -0.1) is 0 Å². The molecule has 116 valence electrons. The van der Waals surface area contributed by atoms with E-state index in [2.05, 4.69) is 0 Å². The molecule has 1 aromatic carbocycles. The quantitative estimate of drug-likeness (QED) is 0.585. The molecule has 1 aromatic heterocycles. The molecule has 1 unspecified atom stereocenters. The Kier molecular flexibility index (Phi) is 4.22. The zero-order valence-corrected chi connectivity index (χ0v) is 11.8. The lowest BCUT2D eigenvalue weighted by Gasteiger charge is -2.11. The number of rotatable bonds is 6. The second-order valence-electron chi connectivity index (χ2n) is 4.32. The molecule has 0 saturated heterocycles. The van der Waals surface area contributed by atoms with Gasteiger partial charge in [-0.2, -0.15) is 0 Å². The fourth-order valence-corrected chi connectivity index (χ4v) is 3.47. The van der Waals surface area contributed by atoms with Gasteiger partial charge in [-0.05, 0) is 24.3 Å². The average molecular weight is 326 g/mol. The molecular weight excluding hydrogens is 316 g/mol. The molecule has 2 aromatic rings. The maximum Gasteiger partial charge on any atom is 0.269 e. The molecule has 2 rings (SSSR count). The number of nitro benzene ring substituents is 1. The van der Waals surface area contributed by atoms with Crippen LogP contribution in [0.3, 0.4) is 0 Å². The van der Waals surface area contributed by atoms with Gasteiger partial charge in [0.15, 0.2) is 15.1 Å². The van der Waals surface area contributed by atoms with Crippen molar-refractivity contribution in [3.63, 3.8) is 0 Å². The number of non-ortho nitro benzene ring substituents is 1. The smallest absolute Gasteiger partial charge is 0.269 e. The van der Waals surface area contributed by atoms with Gasteiger partial charge >= 0.3 is 0 Å². The van der Waals surface area contributed by atoms with E-state index in [1.807, 2.05) is 0 Å². The predicted octanol–water partition coefficient (Wildman–Crippen LogP) is 1.98. The van der Waals surface area contributed by atoms with Crippen LogP contribution >= 0.6 is 0 Å². The number of benzene rings is 1. The van der Waals surface area contributed by atoms with E-state index in [9.17, 15) is 28.6 Å². The van der Waals surface area contributed by atoms with Crippen molar-refractivity contribution in [1.29, 1.82) is 0 Å². The first-order valence-corrected chi connectivity index (χ1v) is 7.50. The highest BCUT2D eigenvalue weighted by Gasteiger charge is 2.36. The van der Waals surface area contributed by atoms with Crippen LogP contribution in [0.1, 0.15) is 11.0 Å². The van der Waals surface area contributed by atoms with Crippen molar-refractivity contribution >= 4 is 15.5 Å². The molecule has 1 heterocycles. The third-order valence-corrected chi connectivity index (χ3v) is 4.99. The summed E-state index contributed by atoms with van der Waals surface area (Å²) in [5.74, 6) is -0.0601. The summed E-state index contributed by atoms with van der Waals surface area (Å²) in [6, 6.07) is 6.90. The minimum atomic E-state index is -4.12. The van der Waals surface area contributed by atoms with Crippen molar-refractivity contribution in [2.75, 3.05) is 6.54 Å². The summed E-state index contributed by atoms with van der Waals surface area (Å²) in [6.07, 6.45) is 1.22. The molecule has 0 saturated carbocycles. The summed E-state index contributed by atoms with van der Waals surface area (Å²) in [7, 11) is -4.12.